The summed E-state index contributed by atoms with van der Waals surface area (Å²) in [6, 6.07) is 5.92. The number of benzene rings is 1. The summed E-state index contributed by atoms with van der Waals surface area (Å²) in [5.41, 5.74) is 6.23. The largest absolute Gasteiger partial charge is 0.486 e. The molecular weight excluding hydrogens is 413 g/mol. The Labute approximate surface area is 175 Å². The molecule has 2 aromatic heterocycles. The van der Waals surface area contributed by atoms with Gasteiger partial charge in [0.05, 0.1) is 5.69 Å². The van der Waals surface area contributed by atoms with E-state index in [-0.39, 0.29) is 18.1 Å². The number of carbonyl (C=O) groups excluding carboxylic acids is 1. The van der Waals surface area contributed by atoms with Crippen LogP contribution in [0.25, 0.3) is 0 Å². The lowest BCUT2D eigenvalue weighted by molar-refractivity contribution is -0.118. The molecule has 3 aromatic rings. The van der Waals surface area contributed by atoms with Crippen LogP contribution in [0.1, 0.15) is 41.7 Å². The van der Waals surface area contributed by atoms with Gasteiger partial charge in [0, 0.05) is 30.0 Å². The van der Waals surface area contributed by atoms with Crippen LogP contribution in [0.15, 0.2) is 34.8 Å². The van der Waals surface area contributed by atoms with Crippen molar-refractivity contribution in [2.75, 3.05) is 0 Å². The maximum atomic E-state index is 12.9. The van der Waals surface area contributed by atoms with Gasteiger partial charge in [0.2, 0.25) is 5.91 Å². The van der Waals surface area contributed by atoms with E-state index in [4.69, 9.17) is 10.5 Å². The zero-order chi connectivity index (χ0) is 20.2. The molecule has 0 spiro atoms. The van der Waals surface area contributed by atoms with Crippen molar-refractivity contribution >= 4 is 29.0 Å². The number of nitrogens with two attached hydrogens (primary N) is 1. The molecule has 4 rings (SSSR count). The molecule has 0 unspecified atom stereocenters. The van der Waals surface area contributed by atoms with Crippen LogP contribution in [0.3, 0.4) is 0 Å². The minimum atomic E-state index is -0.332. The van der Waals surface area contributed by atoms with E-state index in [1.165, 1.54) is 23.5 Å². The smallest absolute Gasteiger partial charge is 0.219 e. The summed E-state index contributed by atoms with van der Waals surface area (Å²) >= 11 is 3.06. The van der Waals surface area contributed by atoms with E-state index in [0.29, 0.717) is 30.6 Å². The average Bonchev–Trinajstić information content (AvgIpc) is 3.31. The standard InChI is InChI=1S/C19H20FN5O2S2/c20-13-3-5-15(6-4-13)27-9-17-22-14(10-28-17)11-29-19-24-23-18(12-1-2-12)25(19)8-7-16(21)26/h3-6,10,12H,1-2,7-9,11H2,(H2,21,26). The zero-order valence-corrected chi connectivity index (χ0v) is 17.2. The summed E-state index contributed by atoms with van der Waals surface area (Å²) in [5, 5.41) is 12.2. The average molecular weight is 434 g/mol. The summed E-state index contributed by atoms with van der Waals surface area (Å²) < 4.78 is 20.6. The molecule has 10 heteroatoms. The maximum Gasteiger partial charge on any atom is 0.219 e. The Morgan fingerprint density at radius 3 is 2.83 bits per heavy atom. The molecular formula is C19H20FN5O2S2. The molecule has 7 nitrogen and oxygen atoms in total. The number of aromatic nitrogens is 4. The summed E-state index contributed by atoms with van der Waals surface area (Å²) in [6.07, 6.45) is 2.50. The number of hydrogen-bond donors (Lipinski definition) is 1. The normalized spacial score (nSPS) is 13.6. The first-order valence-corrected chi connectivity index (χ1v) is 11.1. The number of thiazole rings is 1. The number of thioether (sulfide) groups is 1. The van der Waals surface area contributed by atoms with Crippen LogP contribution in [0.4, 0.5) is 4.39 Å². The number of amides is 1. The van der Waals surface area contributed by atoms with Crippen molar-refractivity contribution in [2.45, 2.75) is 49.2 Å². The predicted octanol–water partition coefficient (Wildman–Crippen LogP) is 3.50. The summed E-state index contributed by atoms with van der Waals surface area (Å²) in [4.78, 5) is 15.8. The molecule has 0 bridgehead atoms. The van der Waals surface area contributed by atoms with Crippen LogP contribution in [-0.2, 0) is 23.7 Å². The van der Waals surface area contributed by atoms with Gasteiger partial charge in [-0.1, -0.05) is 11.8 Å². The molecule has 0 atom stereocenters. The van der Waals surface area contributed by atoms with E-state index in [1.54, 1.807) is 23.9 Å². The predicted molar refractivity (Wildman–Crippen MR) is 108 cm³/mol. The lowest BCUT2D eigenvalue weighted by Crippen LogP contribution is -2.15. The molecule has 1 saturated carbocycles. The Balaban J connectivity index is 1.34. The molecule has 0 saturated heterocycles. The minimum Gasteiger partial charge on any atom is -0.486 e. The van der Waals surface area contributed by atoms with Crippen LogP contribution in [0, 0.1) is 5.82 Å². The second-order valence-corrected chi connectivity index (χ2v) is 8.63. The molecule has 152 valence electrons. The van der Waals surface area contributed by atoms with Crippen molar-refractivity contribution in [1.29, 1.82) is 0 Å². The molecule has 1 aliphatic carbocycles. The third-order valence-electron chi connectivity index (χ3n) is 4.39. The van der Waals surface area contributed by atoms with Crippen molar-refractivity contribution in [2.24, 2.45) is 5.73 Å². The van der Waals surface area contributed by atoms with Gasteiger partial charge in [0.1, 0.15) is 29.0 Å². The summed E-state index contributed by atoms with van der Waals surface area (Å²) in [7, 11) is 0. The van der Waals surface area contributed by atoms with Crippen LogP contribution in [0.5, 0.6) is 5.75 Å². The van der Waals surface area contributed by atoms with Gasteiger partial charge in [-0.15, -0.1) is 21.5 Å². The second kappa shape index (κ2) is 8.91. The molecule has 2 heterocycles. The van der Waals surface area contributed by atoms with Crippen molar-refractivity contribution in [3.05, 3.63) is 52.0 Å². The van der Waals surface area contributed by atoms with Gasteiger partial charge in [-0.2, -0.15) is 0 Å². The van der Waals surface area contributed by atoms with E-state index >= 15 is 0 Å². The zero-order valence-electron chi connectivity index (χ0n) is 15.6. The van der Waals surface area contributed by atoms with Crippen molar-refractivity contribution < 1.29 is 13.9 Å². The maximum absolute atomic E-state index is 12.9. The van der Waals surface area contributed by atoms with E-state index < -0.39 is 0 Å². The van der Waals surface area contributed by atoms with Gasteiger partial charge in [-0.25, -0.2) is 9.37 Å². The number of nitrogens with zero attached hydrogens (tertiary/aromatic N) is 4. The summed E-state index contributed by atoms with van der Waals surface area (Å²) in [5.74, 6) is 2.01. The number of primary amides is 1. The van der Waals surface area contributed by atoms with Crippen LogP contribution in [-0.4, -0.2) is 25.7 Å². The highest BCUT2D eigenvalue weighted by molar-refractivity contribution is 7.98. The Bertz CT molecular complexity index is 985. The van der Waals surface area contributed by atoms with E-state index in [2.05, 4.69) is 15.2 Å². The Hall–Kier alpha value is -2.46. The third-order valence-corrected chi connectivity index (χ3v) is 6.27. The first kappa shape index (κ1) is 19.8. The molecule has 1 aliphatic rings. The first-order valence-electron chi connectivity index (χ1n) is 9.24. The summed E-state index contributed by atoms with van der Waals surface area (Å²) in [6.45, 7) is 0.839. The van der Waals surface area contributed by atoms with Crippen molar-refractivity contribution in [3.63, 3.8) is 0 Å². The minimum absolute atomic E-state index is 0.271. The second-order valence-electron chi connectivity index (χ2n) is 6.75. The van der Waals surface area contributed by atoms with E-state index in [9.17, 15) is 9.18 Å². The fourth-order valence-electron chi connectivity index (χ4n) is 2.78. The Morgan fingerprint density at radius 1 is 1.31 bits per heavy atom. The molecule has 2 N–H and O–H groups in total. The SMILES string of the molecule is NC(=O)CCn1c(SCc2csc(COc3ccc(F)cc3)n2)nnc1C1CC1. The highest BCUT2D eigenvalue weighted by Gasteiger charge is 2.30. The number of hydrogen-bond acceptors (Lipinski definition) is 7. The van der Waals surface area contributed by atoms with Gasteiger partial charge >= 0.3 is 0 Å². The van der Waals surface area contributed by atoms with E-state index in [1.807, 2.05) is 9.95 Å². The number of ether oxygens (including phenoxy) is 1. The van der Waals surface area contributed by atoms with Crippen LogP contribution >= 0.6 is 23.1 Å². The highest BCUT2D eigenvalue weighted by atomic mass is 32.2. The fraction of sp³-hybridized carbons (Fsp3) is 0.368. The van der Waals surface area contributed by atoms with Gasteiger partial charge in [0.25, 0.3) is 0 Å². The molecule has 0 radical (unpaired) electrons. The molecule has 1 amide bonds. The molecule has 29 heavy (non-hydrogen) atoms. The Morgan fingerprint density at radius 2 is 2.10 bits per heavy atom. The lowest BCUT2D eigenvalue weighted by Gasteiger charge is -2.08. The lowest BCUT2D eigenvalue weighted by atomic mass is 10.3. The van der Waals surface area contributed by atoms with Crippen LogP contribution in [0.2, 0.25) is 0 Å². The Kier molecular flexibility index (Phi) is 6.10. The first-order chi connectivity index (χ1) is 14.1. The fourth-order valence-corrected chi connectivity index (χ4v) is 4.45. The quantitative estimate of drug-likeness (QED) is 0.492. The number of halogens is 1. The highest BCUT2D eigenvalue weighted by Crippen LogP contribution is 2.40. The van der Waals surface area contributed by atoms with Gasteiger partial charge in [0.15, 0.2) is 5.16 Å². The third kappa shape index (κ3) is 5.33. The molecule has 1 fully saturated rings. The van der Waals surface area contributed by atoms with Gasteiger partial charge < -0.3 is 15.0 Å². The monoisotopic (exact) mass is 433 g/mol. The number of rotatable bonds is 10. The topological polar surface area (TPSA) is 95.9 Å². The van der Waals surface area contributed by atoms with Crippen LogP contribution < -0.4 is 10.5 Å². The van der Waals surface area contributed by atoms with Gasteiger partial charge in [-0.05, 0) is 37.1 Å². The van der Waals surface area contributed by atoms with Gasteiger partial charge in [-0.3, -0.25) is 4.79 Å². The molecule has 0 aliphatic heterocycles. The molecule has 1 aromatic carbocycles. The van der Waals surface area contributed by atoms with E-state index in [0.717, 1.165) is 34.5 Å². The van der Waals surface area contributed by atoms with Crippen molar-refractivity contribution in [3.8, 4) is 5.75 Å². The number of carbonyl (C=O) groups is 1. The van der Waals surface area contributed by atoms with Crippen molar-refractivity contribution in [1.82, 2.24) is 19.7 Å².